The first-order valence-electron chi connectivity index (χ1n) is 5.41. The molecule has 0 unspecified atom stereocenters. The van der Waals surface area contributed by atoms with Crippen LogP contribution < -0.4 is 0 Å². The molecular weight excluding hydrogens is 220 g/mol. The van der Waals surface area contributed by atoms with Gasteiger partial charge in [-0.3, -0.25) is 0 Å². The van der Waals surface area contributed by atoms with E-state index in [4.69, 9.17) is 16.0 Å². The zero-order chi connectivity index (χ0) is 11.4. The van der Waals surface area contributed by atoms with Gasteiger partial charge in [-0.2, -0.15) is 0 Å². The minimum Gasteiger partial charge on any atom is -0.472 e. The molecule has 1 heterocycles. The lowest BCUT2D eigenvalue weighted by Crippen LogP contribution is -1.85. The van der Waals surface area contributed by atoms with Crippen molar-refractivity contribution >= 4 is 11.6 Å². The summed E-state index contributed by atoms with van der Waals surface area (Å²) in [6.07, 6.45) is 6.66. The summed E-state index contributed by atoms with van der Waals surface area (Å²) in [4.78, 5) is 0. The van der Waals surface area contributed by atoms with Crippen molar-refractivity contribution in [2.45, 2.75) is 19.3 Å². The van der Waals surface area contributed by atoms with Gasteiger partial charge in [0.15, 0.2) is 0 Å². The standard InChI is InChI=1S/C14H14ClO/c1-2-3-4-12-9-16-10-14(12)11-5-7-13(15)8-6-11/h5-10H,1-4H2. The second-order valence-corrected chi connectivity index (χ2v) is 4.21. The Kier molecular flexibility index (Phi) is 3.68. The third kappa shape index (κ3) is 2.48. The number of rotatable bonds is 4. The highest BCUT2D eigenvalue weighted by Crippen LogP contribution is 2.27. The Hall–Kier alpha value is -1.21. The van der Waals surface area contributed by atoms with Crippen LogP contribution in [0, 0.1) is 6.92 Å². The van der Waals surface area contributed by atoms with Crippen molar-refractivity contribution in [3.8, 4) is 11.1 Å². The lowest BCUT2D eigenvalue weighted by molar-refractivity contribution is 0.563. The highest BCUT2D eigenvalue weighted by atomic mass is 35.5. The maximum Gasteiger partial charge on any atom is 0.0983 e. The smallest absolute Gasteiger partial charge is 0.0983 e. The summed E-state index contributed by atoms with van der Waals surface area (Å²) >= 11 is 5.86. The lowest BCUT2D eigenvalue weighted by atomic mass is 10.0. The van der Waals surface area contributed by atoms with E-state index in [1.807, 2.05) is 30.5 Å². The Balaban J connectivity index is 2.26. The molecule has 0 aliphatic carbocycles. The fourth-order valence-corrected chi connectivity index (χ4v) is 1.84. The van der Waals surface area contributed by atoms with E-state index in [2.05, 4.69) is 6.92 Å². The first-order valence-corrected chi connectivity index (χ1v) is 5.79. The van der Waals surface area contributed by atoms with E-state index in [1.54, 1.807) is 6.26 Å². The van der Waals surface area contributed by atoms with E-state index in [0.717, 1.165) is 35.4 Å². The summed E-state index contributed by atoms with van der Waals surface area (Å²) in [5, 5.41) is 0.756. The molecule has 1 aromatic carbocycles. The SMILES string of the molecule is [CH2]CCCc1cocc1-c1ccc(Cl)cc1. The van der Waals surface area contributed by atoms with E-state index in [9.17, 15) is 0 Å². The molecule has 2 rings (SSSR count). The molecule has 0 atom stereocenters. The largest absolute Gasteiger partial charge is 0.472 e. The van der Waals surface area contributed by atoms with E-state index >= 15 is 0 Å². The van der Waals surface area contributed by atoms with Gasteiger partial charge in [-0.25, -0.2) is 0 Å². The average Bonchev–Trinajstić information content (AvgIpc) is 2.75. The van der Waals surface area contributed by atoms with Gasteiger partial charge >= 0.3 is 0 Å². The van der Waals surface area contributed by atoms with E-state index in [1.165, 1.54) is 5.56 Å². The topological polar surface area (TPSA) is 13.1 Å². The molecule has 1 aromatic heterocycles. The molecule has 0 N–H and O–H groups in total. The first-order chi connectivity index (χ1) is 7.81. The van der Waals surface area contributed by atoms with Gasteiger partial charge in [-0.15, -0.1) is 0 Å². The molecule has 0 saturated heterocycles. The Morgan fingerprint density at radius 1 is 1.12 bits per heavy atom. The second kappa shape index (κ2) is 5.22. The highest BCUT2D eigenvalue weighted by molar-refractivity contribution is 6.30. The molecule has 2 heteroatoms. The molecule has 0 saturated carbocycles. The van der Waals surface area contributed by atoms with Gasteiger partial charge in [0, 0.05) is 10.6 Å². The molecule has 0 fully saturated rings. The molecule has 83 valence electrons. The number of aryl methyl sites for hydroxylation is 1. The Morgan fingerprint density at radius 3 is 2.56 bits per heavy atom. The van der Waals surface area contributed by atoms with Crippen LogP contribution in [0.4, 0.5) is 0 Å². The summed E-state index contributed by atoms with van der Waals surface area (Å²) in [6, 6.07) is 7.83. The number of unbranched alkanes of at least 4 members (excludes halogenated alkanes) is 1. The Morgan fingerprint density at radius 2 is 1.88 bits per heavy atom. The molecule has 0 amide bonds. The van der Waals surface area contributed by atoms with Gasteiger partial charge in [0.2, 0.25) is 0 Å². The maximum absolute atomic E-state index is 5.86. The molecule has 0 aliphatic heterocycles. The van der Waals surface area contributed by atoms with Crippen molar-refractivity contribution in [1.29, 1.82) is 0 Å². The fourth-order valence-electron chi connectivity index (χ4n) is 1.72. The van der Waals surface area contributed by atoms with Crippen LogP contribution in [0.15, 0.2) is 41.2 Å². The normalized spacial score (nSPS) is 10.6. The summed E-state index contributed by atoms with van der Waals surface area (Å²) in [5.74, 6) is 0. The minimum atomic E-state index is 0.756. The molecule has 0 bridgehead atoms. The van der Waals surface area contributed by atoms with Crippen LogP contribution in [-0.2, 0) is 6.42 Å². The first kappa shape index (κ1) is 11.3. The van der Waals surface area contributed by atoms with Gasteiger partial charge in [-0.05, 0) is 36.1 Å². The van der Waals surface area contributed by atoms with Crippen LogP contribution in [0.5, 0.6) is 0 Å². The van der Waals surface area contributed by atoms with Crippen LogP contribution >= 0.6 is 11.6 Å². The van der Waals surface area contributed by atoms with Gasteiger partial charge in [0.25, 0.3) is 0 Å². The minimum absolute atomic E-state index is 0.756. The fraction of sp³-hybridized carbons (Fsp3) is 0.214. The molecule has 1 radical (unpaired) electrons. The Labute approximate surface area is 101 Å². The molecule has 0 aliphatic rings. The van der Waals surface area contributed by atoms with Crippen molar-refractivity contribution in [1.82, 2.24) is 0 Å². The lowest BCUT2D eigenvalue weighted by Gasteiger charge is -2.02. The van der Waals surface area contributed by atoms with Gasteiger partial charge < -0.3 is 4.42 Å². The summed E-state index contributed by atoms with van der Waals surface area (Å²) in [7, 11) is 0. The quantitative estimate of drug-likeness (QED) is 0.742. The van der Waals surface area contributed by atoms with E-state index < -0.39 is 0 Å². The molecule has 16 heavy (non-hydrogen) atoms. The van der Waals surface area contributed by atoms with Crippen LogP contribution in [0.3, 0.4) is 0 Å². The van der Waals surface area contributed by atoms with Crippen molar-refractivity contribution in [3.63, 3.8) is 0 Å². The van der Waals surface area contributed by atoms with Gasteiger partial charge in [0.05, 0.1) is 12.5 Å². The average molecular weight is 234 g/mol. The van der Waals surface area contributed by atoms with Crippen LogP contribution in [0.2, 0.25) is 5.02 Å². The third-order valence-electron chi connectivity index (χ3n) is 2.59. The number of hydrogen-bond donors (Lipinski definition) is 0. The summed E-state index contributed by atoms with van der Waals surface area (Å²) in [5.41, 5.74) is 3.55. The van der Waals surface area contributed by atoms with E-state index in [-0.39, 0.29) is 0 Å². The van der Waals surface area contributed by atoms with Crippen molar-refractivity contribution in [2.75, 3.05) is 0 Å². The molecule has 0 spiro atoms. The van der Waals surface area contributed by atoms with Crippen LogP contribution in [0.25, 0.3) is 11.1 Å². The monoisotopic (exact) mass is 233 g/mol. The zero-order valence-corrected chi connectivity index (χ0v) is 9.83. The second-order valence-electron chi connectivity index (χ2n) is 3.77. The predicted molar refractivity (Wildman–Crippen MR) is 67.4 cm³/mol. The number of halogens is 1. The maximum atomic E-state index is 5.86. The predicted octanol–water partition coefficient (Wildman–Crippen LogP) is 4.76. The molecule has 2 aromatic rings. The van der Waals surface area contributed by atoms with Crippen molar-refractivity contribution in [2.24, 2.45) is 0 Å². The zero-order valence-electron chi connectivity index (χ0n) is 9.08. The van der Waals surface area contributed by atoms with Crippen LogP contribution in [0.1, 0.15) is 18.4 Å². The number of benzene rings is 1. The van der Waals surface area contributed by atoms with Gasteiger partial charge in [-0.1, -0.05) is 37.1 Å². The highest BCUT2D eigenvalue weighted by Gasteiger charge is 2.07. The summed E-state index contributed by atoms with van der Waals surface area (Å²) < 4.78 is 5.27. The Bertz CT molecular complexity index is 442. The van der Waals surface area contributed by atoms with E-state index in [0.29, 0.717) is 0 Å². The number of hydrogen-bond acceptors (Lipinski definition) is 1. The number of furan rings is 1. The summed E-state index contributed by atoms with van der Waals surface area (Å²) in [6.45, 7) is 3.85. The van der Waals surface area contributed by atoms with Crippen molar-refractivity contribution in [3.05, 3.63) is 54.3 Å². The molecule has 1 nitrogen and oxygen atoms in total. The van der Waals surface area contributed by atoms with Gasteiger partial charge in [0.1, 0.15) is 0 Å². The third-order valence-corrected chi connectivity index (χ3v) is 2.85. The molecular formula is C14H14ClO. The van der Waals surface area contributed by atoms with Crippen molar-refractivity contribution < 1.29 is 4.42 Å². The van der Waals surface area contributed by atoms with Crippen LogP contribution in [-0.4, -0.2) is 0 Å².